The fourth-order valence-electron chi connectivity index (χ4n) is 1.43. The molecule has 1 aromatic heterocycles. The minimum Gasteiger partial charge on any atom is -0.352 e. The number of nitrogens with zero attached hydrogens (tertiary/aromatic N) is 1. The quantitative estimate of drug-likeness (QED) is 0.820. The van der Waals surface area contributed by atoms with Crippen LogP contribution in [0, 0.1) is 0 Å². The Morgan fingerprint density at radius 1 is 1.47 bits per heavy atom. The van der Waals surface area contributed by atoms with Crippen molar-refractivity contribution in [1.29, 1.82) is 0 Å². The van der Waals surface area contributed by atoms with Crippen LogP contribution in [0.2, 0.25) is 0 Å². The van der Waals surface area contributed by atoms with Crippen LogP contribution in [0.1, 0.15) is 29.4 Å². The minimum absolute atomic E-state index is 0.359. The van der Waals surface area contributed by atoms with Gasteiger partial charge in [-0.3, -0.25) is 9.78 Å². The molecule has 0 aliphatic heterocycles. The van der Waals surface area contributed by atoms with Gasteiger partial charge in [0.1, 0.15) is 0 Å². The Bertz CT molecular complexity index is 424. The molecule has 0 bridgehead atoms. The SMILES string of the molecule is CCSCCCNC(=O)c1cccnc1C(F)(F)F. The third-order valence-electron chi connectivity index (χ3n) is 2.28. The Morgan fingerprint density at radius 3 is 2.84 bits per heavy atom. The van der Waals surface area contributed by atoms with Crippen LogP contribution in [-0.4, -0.2) is 28.9 Å². The molecule has 0 spiro atoms. The third-order valence-corrected chi connectivity index (χ3v) is 3.26. The van der Waals surface area contributed by atoms with Crippen molar-refractivity contribution in [3.05, 3.63) is 29.6 Å². The van der Waals surface area contributed by atoms with Crippen molar-refractivity contribution in [3.8, 4) is 0 Å². The zero-order valence-electron chi connectivity index (χ0n) is 10.5. The highest BCUT2D eigenvalue weighted by Crippen LogP contribution is 2.29. The van der Waals surface area contributed by atoms with Crippen molar-refractivity contribution in [2.75, 3.05) is 18.1 Å². The number of rotatable bonds is 6. The van der Waals surface area contributed by atoms with Crippen LogP contribution >= 0.6 is 11.8 Å². The molecule has 19 heavy (non-hydrogen) atoms. The normalized spacial score (nSPS) is 11.4. The van der Waals surface area contributed by atoms with E-state index in [1.54, 1.807) is 11.8 Å². The van der Waals surface area contributed by atoms with Crippen LogP contribution in [-0.2, 0) is 6.18 Å². The fraction of sp³-hybridized carbons (Fsp3) is 0.500. The van der Waals surface area contributed by atoms with Crippen molar-refractivity contribution < 1.29 is 18.0 Å². The lowest BCUT2D eigenvalue weighted by atomic mass is 10.1. The number of alkyl halides is 3. The van der Waals surface area contributed by atoms with Gasteiger partial charge in [0.15, 0.2) is 5.69 Å². The molecule has 0 aliphatic carbocycles. The predicted octanol–water partition coefficient (Wildman–Crippen LogP) is 2.97. The van der Waals surface area contributed by atoms with Crippen molar-refractivity contribution >= 4 is 17.7 Å². The van der Waals surface area contributed by atoms with Crippen LogP contribution < -0.4 is 5.32 Å². The largest absolute Gasteiger partial charge is 0.434 e. The molecule has 106 valence electrons. The van der Waals surface area contributed by atoms with Gasteiger partial charge in [-0.1, -0.05) is 6.92 Å². The summed E-state index contributed by atoms with van der Waals surface area (Å²) in [5.74, 6) is 1.12. The lowest BCUT2D eigenvalue weighted by Crippen LogP contribution is -2.28. The van der Waals surface area contributed by atoms with Gasteiger partial charge in [0.2, 0.25) is 0 Å². The highest BCUT2D eigenvalue weighted by Gasteiger charge is 2.36. The van der Waals surface area contributed by atoms with Crippen molar-refractivity contribution in [3.63, 3.8) is 0 Å². The Kier molecular flexibility index (Phi) is 6.14. The van der Waals surface area contributed by atoms with Gasteiger partial charge in [-0.25, -0.2) is 0 Å². The van der Waals surface area contributed by atoms with Crippen LogP contribution in [0.25, 0.3) is 0 Å². The number of carbonyl (C=O) groups excluding carboxylic acids is 1. The summed E-state index contributed by atoms with van der Waals surface area (Å²) in [5, 5.41) is 2.48. The maximum Gasteiger partial charge on any atom is 0.434 e. The highest BCUT2D eigenvalue weighted by molar-refractivity contribution is 7.99. The summed E-state index contributed by atoms with van der Waals surface area (Å²) in [6, 6.07) is 2.45. The van der Waals surface area contributed by atoms with Crippen LogP contribution in [0.15, 0.2) is 18.3 Å². The summed E-state index contributed by atoms with van der Waals surface area (Å²) in [6.45, 7) is 2.38. The summed E-state index contributed by atoms with van der Waals surface area (Å²) in [6.07, 6.45) is -2.87. The summed E-state index contributed by atoms with van der Waals surface area (Å²) in [5.41, 5.74) is -1.58. The summed E-state index contributed by atoms with van der Waals surface area (Å²) in [7, 11) is 0. The van der Waals surface area contributed by atoms with Crippen LogP contribution in [0.3, 0.4) is 0 Å². The molecular formula is C12H15F3N2OS. The van der Waals surface area contributed by atoms with Crippen molar-refractivity contribution in [1.82, 2.24) is 10.3 Å². The van der Waals surface area contributed by atoms with Gasteiger partial charge < -0.3 is 5.32 Å². The molecule has 1 heterocycles. The molecular weight excluding hydrogens is 277 g/mol. The fourth-order valence-corrected chi connectivity index (χ4v) is 2.07. The van der Waals surface area contributed by atoms with Crippen molar-refractivity contribution in [2.45, 2.75) is 19.5 Å². The molecule has 1 amide bonds. The first kappa shape index (κ1) is 15.8. The molecule has 1 rings (SSSR count). The van der Waals surface area contributed by atoms with Gasteiger partial charge in [-0.05, 0) is 30.1 Å². The number of amides is 1. The molecule has 0 saturated carbocycles. The average molecular weight is 292 g/mol. The molecule has 1 aromatic rings. The van der Waals surface area contributed by atoms with E-state index in [-0.39, 0.29) is 0 Å². The Balaban J connectivity index is 2.62. The zero-order chi connectivity index (χ0) is 14.3. The van der Waals surface area contributed by atoms with E-state index in [1.807, 2.05) is 6.92 Å². The van der Waals surface area contributed by atoms with E-state index in [4.69, 9.17) is 0 Å². The van der Waals surface area contributed by atoms with E-state index in [1.165, 1.54) is 6.07 Å². The molecule has 0 saturated heterocycles. The lowest BCUT2D eigenvalue weighted by Gasteiger charge is -2.11. The Morgan fingerprint density at radius 2 is 2.21 bits per heavy atom. The van der Waals surface area contributed by atoms with Gasteiger partial charge in [0.25, 0.3) is 5.91 Å². The van der Waals surface area contributed by atoms with E-state index < -0.39 is 23.3 Å². The number of aromatic nitrogens is 1. The van der Waals surface area contributed by atoms with E-state index >= 15 is 0 Å². The maximum absolute atomic E-state index is 12.7. The summed E-state index contributed by atoms with van der Waals surface area (Å²) < 4.78 is 38.0. The Labute approximate surface area is 114 Å². The van der Waals surface area contributed by atoms with E-state index in [0.717, 1.165) is 30.2 Å². The Hall–Kier alpha value is -1.24. The molecule has 0 fully saturated rings. The summed E-state index contributed by atoms with van der Waals surface area (Å²) >= 11 is 1.72. The number of thioether (sulfide) groups is 1. The number of carbonyl (C=O) groups is 1. The van der Waals surface area contributed by atoms with Gasteiger partial charge in [0, 0.05) is 12.7 Å². The van der Waals surface area contributed by atoms with Gasteiger partial charge in [-0.2, -0.15) is 24.9 Å². The molecule has 3 nitrogen and oxygen atoms in total. The molecule has 0 aliphatic rings. The number of nitrogens with one attached hydrogen (secondary N) is 1. The molecule has 0 radical (unpaired) electrons. The number of hydrogen-bond donors (Lipinski definition) is 1. The lowest BCUT2D eigenvalue weighted by molar-refractivity contribution is -0.141. The smallest absolute Gasteiger partial charge is 0.352 e. The topological polar surface area (TPSA) is 42.0 Å². The second-order valence-electron chi connectivity index (χ2n) is 3.70. The first-order valence-electron chi connectivity index (χ1n) is 5.85. The zero-order valence-corrected chi connectivity index (χ0v) is 11.3. The second kappa shape index (κ2) is 7.37. The number of pyridine rings is 1. The van der Waals surface area contributed by atoms with Crippen LogP contribution in [0.5, 0.6) is 0 Å². The van der Waals surface area contributed by atoms with E-state index in [9.17, 15) is 18.0 Å². The van der Waals surface area contributed by atoms with E-state index in [0.29, 0.717) is 6.54 Å². The summed E-state index contributed by atoms with van der Waals surface area (Å²) in [4.78, 5) is 14.9. The molecule has 1 N–H and O–H groups in total. The van der Waals surface area contributed by atoms with Gasteiger partial charge in [-0.15, -0.1) is 0 Å². The monoisotopic (exact) mass is 292 g/mol. The molecule has 0 atom stereocenters. The predicted molar refractivity (Wildman–Crippen MR) is 69.2 cm³/mol. The van der Waals surface area contributed by atoms with Crippen molar-refractivity contribution in [2.24, 2.45) is 0 Å². The first-order chi connectivity index (χ1) is 8.96. The average Bonchev–Trinajstić information content (AvgIpc) is 2.37. The van der Waals surface area contributed by atoms with E-state index in [2.05, 4.69) is 10.3 Å². The third kappa shape index (κ3) is 5.10. The molecule has 0 aromatic carbocycles. The first-order valence-corrected chi connectivity index (χ1v) is 7.00. The highest BCUT2D eigenvalue weighted by atomic mass is 32.2. The minimum atomic E-state index is -4.62. The molecule has 0 unspecified atom stereocenters. The maximum atomic E-state index is 12.7. The van der Waals surface area contributed by atoms with Gasteiger partial charge in [0.05, 0.1) is 5.56 Å². The van der Waals surface area contributed by atoms with Crippen LogP contribution in [0.4, 0.5) is 13.2 Å². The molecule has 7 heteroatoms. The van der Waals surface area contributed by atoms with Gasteiger partial charge >= 0.3 is 6.18 Å². The standard InChI is InChI=1S/C12H15F3N2OS/c1-2-19-8-4-7-17-11(18)9-5-3-6-16-10(9)12(13,14)15/h3,5-6H,2,4,7-8H2,1H3,(H,17,18). The second-order valence-corrected chi connectivity index (χ2v) is 5.10. The number of hydrogen-bond acceptors (Lipinski definition) is 3. The number of halogens is 3.